The summed E-state index contributed by atoms with van der Waals surface area (Å²) in [5, 5.41) is 3.86. The molecule has 0 aliphatic heterocycles. The summed E-state index contributed by atoms with van der Waals surface area (Å²) in [6.07, 6.45) is 0.914. The first-order chi connectivity index (χ1) is 10.1. The summed E-state index contributed by atoms with van der Waals surface area (Å²) in [4.78, 5) is 14.7. The maximum Gasteiger partial charge on any atom is 0.263 e. The second kappa shape index (κ2) is 7.13. The third-order valence-corrected chi connectivity index (χ3v) is 4.39. The third-order valence-electron chi connectivity index (χ3n) is 3.13. The van der Waals surface area contributed by atoms with Crippen LogP contribution in [0.4, 0.5) is 10.7 Å². The number of benzene rings is 1. The summed E-state index contributed by atoms with van der Waals surface area (Å²) in [5.74, 6) is -0.0845. The molecule has 112 valence electrons. The highest BCUT2D eigenvalue weighted by Gasteiger charge is 2.16. The Hall–Kier alpha value is -2.01. The molecule has 1 aromatic carbocycles. The van der Waals surface area contributed by atoms with E-state index < -0.39 is 0 Å². The van der Waals surface area contributed by atoms with Gasteiger partial charge in [-0.1, -0.05) is 37.3 Å². The van der Waals surface area contributed by atoms with Crippen LogP contribution in [-0.4, -0.2) is 19.5 Å². The number of nitrogens with two attached hydrogens (primary N) is 1. The molecule has 1 heterocycles. The molecule has 0 fully saturated rings. The zero-order valence-corrected chi connectivity index (χ0v) is 13.2. The summed E-state index contributed by atoms with van der Waals surface area (Å²) >= 11 is 1.43. The van der Waals surface area contributed by atoms with Crippen molar-refractivity contribution in [3.63, 3.8) is 0 Å². The molecule has 0 aliphatic carbocycles. The first-order valence-electron chi connectivity index (χ1n) is 7.04. The van der Waals surface area contributed by atoms with Gasteiger partial charge < -0.3 is 16.0 Å². The van der Waals surface area contributed by atoms with Crippen molar-refractivity contribution in [2.24, 2.45) is 0 Å². The van der Waals surface area contributed by atoms with Crippen molar-refractivity contribution in [2.45, 2.75) is 19.9 Å². The van der Waals surface area contributed by atoms with E-state index in [0.717, 1.165) is 18.0 Å². The molecule has 0 aliphatic rings. The van der Waals surface area contributed by atoms with Crippen LogP contribution in [0.5, 0.6) is 0 Å². The lowest BCUT2D eigenvalue weighted by Crippen LogP contribution is -2.23. The van der Waals surface area contributed by atoms with Gasteiger partial charge >= 0.3 is 0 Å². The number of nitrogens with zero attached hydrogens (tertiary/aromatic N) is 1. The van der Waals surface area contributed by atoms with Gasteiger partial charge in [-0.25, -0.2) is 0 Å². The molecule has 0 bridgehead atoms. The lowest BCUT2D eigenvalue weighted by Gasteiger charge is -2.16. The van der Waals surface area contributed by atoms with Gasteiger partial charge in [-0.2, -0.15) is 0 Å². The Morgan fingerprint density at radius 3 is 2.71 bits per heavy atom. The highest BCUT2D eigenvalue weighted by molar-refractivity contribution is 7.18. The molecule has 0 saturated carbocycles. The Kier molecular flexibility index (Phi) is 5.22. The molecule has 21 heavy (non-hydrogen) atoms. The molecule has 0 saturated heterocycles. The largest absolute Gasteiger partial charge is 0.397 e. The van der Waals surface area contributed by atoms with Crippen LogP contribution < -0.4 is 16.0 Å². The molecule has 5 heteroatoms. The van der Waals surface area contributed by atoms with E-state index >= 15 is 0 Å². The Morgan fingerprint density at radius 2 is 2.05 bits per heavy atom. The zero-order valence-electron chi connectivity index (χ0n) is 12.4. The number of nitrogens with one attached hydrogen (secondary N) is 1. The first-order valence-corrected chi connectivity index (χ1v) is 7.86. The van der Waals surface area contributed by atoms with Gasteiger partial charge in [-0.3, -0.25) is 4.79 Å². The Balaban J connectivity index is 2.08. The topological polar surface area (TPSA) is 58.4 Å². The molecule has 4 nitrogen and oxygen atoms in total. The van der Waals surface area contributed by atoms with Crippen LogP contribution in [0.15, 0.2) is 36.4 Å². The highest BCUT2D eigenvalue weighted by atomic mass is 32.1. The van der Waals surface area contributed by atoms with Crippen LogP contribution >= 0.6 is 11.3 Å². The summed E-state index contributed by atoms with van der Waals surface area (Å²) in [6.45, 7) is 3.49. The Bertz CT molecular complexity index is 595. The predicted octanol–water partition coefficient (Wildman–Crippen LogP) is 3.11. The van der Waals surface area contributed by atoms with Crippen LogP contribution in [0, 0.1) is 0 Å². The van der Waals surface area contributed by atoms with E-state index in [9.17, 15) is 4.79 Å². The molecule has 0 spiro atoms. The number of nitrogen functional groups attached to an aromatic ring is 1. The first kappa shape index (κ1) is 15.4. The SMILES string of the molecule is CCCNC(=O)c1sc(N(C)Cc2ccccc2)cc1N. The van der Waals surface area contributed by atoms with E-state index in [1.165, 1.54) is 16.9 Å². The smallest absolute Gasteiger partial charge is 0.263 e. The van der Waals surface area contributed by atoms with E-state index in [4.69, 9.17) is 5.73 Å². The zero-order chi connectivity index (χ0) is 15.2. The lowest BCUT2D eigenvalue weighted by atomic mass is 10.2. The van der Waals surface area contributed by atoms with Gasteiger partial charge in [0, 0.05) is 20.1 Å². The minimum Gasteiger partial charge on any atom is -0.397 e. The fourth-order valence-electron chi connectivity index (χ4n) is 2.01. The number of thiophene rings is 1. The molecular formula is C16H21N3OS. The van der Waals surface area contributed by atoms with Gasteiger partial charge in [0.2, 0.25) is 0 Å². The van der Waals surface area contributed by atoms with Crippen molar-refractivity contribution in [1.82, 2.24) is 5.32 Å². The lowest BCUT2D eigenvalue weighted by molar-refractivity contribution is 0.0958. The van der Waals surface area contributed by atoms with E-state index in [0.29, 0.717) is 17.1 Å². The van der Waals surface area contributed by atoms with Crippen LogP contribution in [0.2, 0.25) is 0 Å². The van der Waals surface area contributed by atoms with Crippen molar-refractivity contribution in [3.05, 3.63) is 46.8 Å². The van der Waals surface area contributed by atoms with Crippen molar-refractivity contribution >= 4 is 27.9 Å². The van der Waals surface area contributed by atoms with Crippen LogP contribution in [0.1, 0.15) is 28.6 Å². The normalized spacial score (nSPS) is 10.4. The van der Waals surface area contributed by atoms with Crippen LogP contribution in [0.25, 0.3) is 0 Å². The van der Waals surface area contributed by atoms with Crippen molar-refractivity contribution in [3.8, 4) is 0 Å². The van der Waals surface area contributed by atoms with Crippen LogP contribution in [0.3, 0.4) is 0 Å². The molecule has 0 radical (unpaired) electrons. The van der Waals surface area contributed by atoms with Gasteiger partial charge in [-0.05, 0) is 18.1 Å². The maximum atomic E-state index is 12.0. The van der Waals surface area contributed by atoms with Gasteiger partial charge in [0.05, 0.1) is 10.7 Å². The highest BCUT2D eigenvalue weighted by Crippen LogP contribution is 2.32. The molecule has 1 aromatic heterocycles. The summed E-state index contributed by atoms with van der Waals surface area (Å²) in [6, 6.07) is 12.1. The summed E-state index contributed by atoms with van der Waals surface area (Å²) < 4.78 is 0. The molecule has 0 atom stereocenters. The van der Waals surface area contributed by atoms with Gasteiger partial charge in [-0.15, -0.1) is 11.3 Å². The van der Waals surface area contributed by atoms with Crippen molar-refractivity contribution in [1.29, 1.82) is 0 Å². The second-order valence-corrected chi connectivity index (χ2v) is 6.00. The number of anilines is 2. The quantitative estimate of drug-likeness (QED) is 0.862. The minimum atomic E-state index is -0.0845. The molecule has 2 rings (SSSR count). The molecule has 0 unspecified atom stereocenters. The van der Waals surface area contributed by atoms with Gasteiger partial charge in [0.15, 0.2) is 0 Å². The number of hydrogen-bond acceptors (Lipinski definition) is 4. The van der Waals surface area contributed by atoms with Crippen LogP contribution in [-0.2, 0) is 6.54 Å². The molecular weight excluding hydrogens is 282 g/mol. The third kappa shape index (κ3) is 3.98. The summed E-state index contributed by atoms with van der Waals surface area (Å²) in [7, 11) is 2.01. The second-order valence-electron chi connectivity index (χ2n) is 4.97. The maximum absolute atomic E-state index is 12.0. The molecule has 2 aromatic rings. The van der Waals surface area contributed by atoms with E-state index in [-0.39, 0.29) is 5.91 Å². The molecule has 3 N–H and O–H groups in total. The average Bonchev–Trinajstić information content (AvgIpc) is 2.88. The molecule has 1 amide bonds. The Morgan fingerprint density at radius 1 is 1.33 bits per heavy atom. The number of carbonyl (C=O) groups is 1. The summed E-state index contributed by atoms with van der Waals surface area (Å²) in [5.41, 5.74) is 7.74. The fourth-order valence-corrected chi connectivity index (χ4v) is 2.97. The van der Waals surface area contributed by atoms with E-state index in [1.54, 1.807) is 0 Å². The van der Waals surface area contributed by atoms with Crippen molar-refractivity contribution in [2.75, 3.05) is 24.2 Å². The number of amides is 1. The van der Waals surface area contributed by atoms with Gasteiger partial charge in [0.25, 0.3) is 5.91 Å². The number of hydrogen-bond donors (Lipinski definition) is 2. The monoisotopic (exact) mass is 303 g/mol. The van der Waals surface area contributed by atoms with E-state index in [1.807, 2.05) is 38.2 Å². The minimum absolute atomic E-state index is 0.0845. The number of rotatable bonds is 6. The van der Waals surface area contributed by atoms with Crippen molar-refractivity contribution < 1.29 is 4.79 Å². The van der Waals surface area contributed by atoms with E-state index in [2.05, 4.69) is 22.3 Å². The Labute approximate surface area is 129 Å². The number of carbonyl (C=O) groups excluding carboxylic acids is 1. The standard InChI is InChI=1S/C16H21N3OS/c1-3-9-18-16(20)15-13(17)10-14(21-15)19(2)11-12-7-5-4-6-8-12/h4-8,10H,3,9,11,17H2,1-2H3,(H,18,20). The fraction of sp³-hybridized carbons (Fsp3) is 0.312. The van der Waals surface area contributed by atoms with Gasteiger partial charge in [0.1, 0.15) is 4.88 Å². The predicted molar refractivity (Wildman–Crippen MR) is 89.9 cm³/mol. The average molecular weight is 303 g/mol.